The van der Waals surface area contributed by atoms with Crippen LogP contribution in [0, 0.1) is 0 Å². The van der Waals surface area contributed by atoms with Crippen molar-refractivity contribution in [2.45, 2.75) is 10.8 Å². The molecule has 0 radical (unpaired) electrons. The summed E-state index contributed by atoms with van der Waals surface area (Å²) in [5.74, 6) is -0.838. The lowest BCUT2D eigenvalue weighted by Crippen LogP contribution is -2.39. The van der Waals surface area contributed by atoms with Gasteiger partial charge in [0.15, 0.2) is 0 Å². The second-order valence-electron chi connectivity index (χ2n) is 6.27. The molecule has 0 saturated carbocycles. The topological polar surface area (TPSA) is 66.4 Å². The lowest BCUT2D eigenvalue weighted by Gasteiger charge is -2.36. The normalized spacial score (nSPS) is 12.1. The van der Waals surface area contributed by atoms with E-state index < -0.39 is 16.8 Å². The molecule has 1 amide bonds. The Kier molecular flexibility index (Phi) is 6.50. The number of carboxylic acid groups (broad SMARTS) is 1. The van der Waals surface area contributed by atoms with E-state index in [-0.39, 0.29) is 5.75 Å². The molecule has 3 aromatic carbocycles. The lowest BCUT2D eigenvalue weighted by atomic mass is 9.84. The first-order chi connectivity index (χ1) is 13.7. The molecular formula is C23H21NO3S. The van der Waals surface area contributed by atoms with E-state index in [2.05, 4.69) is 41.7 Å². The Balaban J connectivity index is 2.16. The van der Waals surface area contributed by atoms with Gasteiger partial charge in [0.1, 0.15) is 6.04 Å². The van der Waals surface area contributed by atoms with E-state index in [4.69, 9.17) is 0 Å². The zero-order valence-electron chi connectivity index (χ0n) is 15.2. The van der Waals surface area contributed by atoms with Crippen molar-refractivity contribution in [1.29, 1.82) is 0 Å². The van der Waals surface area contributed by atoms with Crippen LogP contribution in [-0.2, 0) is 14.3 Å². The van der Waals surface area contributed by atoms with Crippen LogP contribution < -0.4 is 5.32 Å². The molecule has 3 aromatic rings. The van der Waals surface area contributed by atoms with E-state index in [9.17, 15) is 14.7 Å². The molecule has 0 bridgehead atoms. The molecule has 0 unspecified atom stereocenters. The van der Waals surface area contributed by atoms with E-state index in [0.717, 1.165) is 16.7 Å². The average molecular weight is 391 g/mol. The van der Waals surface area contributed by atoms with Crippen molar-refractivity contribution >= 4 is 24.1 Å². The molecule has 0 fully saturated rings. The Morgan fingerprint density at radius 3 is 1.57 bits per heavy atom. The first kappa shape index (κ1) is 19.7. The highest BCUT2D eigenvalue weighted by Crippen LogP contribution is 2.48. The highest BCUT2D eigenvalue weighted by molar-refractivity contribution is 8.00. The first-order valence-corrected chi connectivity index (χ1v) is 9.90. The zero-order chi connectivity index (χ0) is 19.8. The average Bonchev–Trinajstić information content (AvgIpc) is 2.75. The summed E-state index contributed by atoms with van der Waals surface area (Å²) in [6, 6.07) is 29.1. The van der Waals surface area contributed by atoms with Crippen LogP contribution in [0.25, 0.3) is 0 Å². The number of thioether (sulfide) groups is 1. The number of aliphatic carboxylic acids is 1. The zero-order valence-corrected chi connectivity index (χ0v) is 16.0. The van der Waals surface area contributed by atoms with Crippen LogP contribution in [0.1, 0.15) is 16.7 Å². The van der Waals surface area contributed by atoms with Crippen LogP contribution in [-0.4, -0.2) is 29.3 Å². The number of carboxylic acids is 1. The molecular weight excluding hydrogens is 370 g/mol. The summed E-state index contributed by atoms with van der Waals surface area (Å²) in [6.07, 6.45) is 0.439. The summed E-state index contributed by atoms with van der Waals surface area (Å²) >= 11 is 1.50. The monoisotopic (exact) mass is 391 g/mol. The van der Waals surface area contributed by atoms with Gasteiger partial charge in [-0.15, -0.1) is 11.8 Å². The van der Waals surface area contributed by atoms with E-state index in [0.29, 0.717) is 6.41 Å². The number of hydrogen-bond acceptors (Lipinski definition) is 3. The number of benzene rings is 3. The molecule has 0 aliphatic rings. The molecule has 0 aliphatic heterocycles. The lowest BCUT2D eigenvalue weighted by molar-refractivity contribution is -0.139. The number of nitrogens with one attached hydrogen (secondary N) is 1. The molecule has 2 N–H and O–H groups in total. The fourth-order valence-corrected chi connectivity index (χ4v) is 4.81. The second-order valence-corrected chi connectivity index (χ2v) is 7.50. The minimum Gasteiger partial charge on any atom is -0.480 e. The quantitative estimate of drug-likeness (QED) is 0.429. The van der Waals surface area contributed by atoms with E-state index >= 15 is 0 Å². The molecule has 0 heterocycles. The smallest absolute Gasteiger partial charge is 0.327 e. The minimum absolute atomic E-state index is 0.215. The maximum Gasteiger partial charge on any atom is 0.327 e. The number of carbonyl (C=O) groups excluding carboxylic acids is 1. The number of hydrogen-bond donors (Lipinski definition) is 2. The largest absolute Gasteiger partial charge is 0.480 e. The number of carbonyl (C=O) groups is 2. The van der Waals surface area contributed by atoms with E-state index in [1.54, 1.807) is 0 Å². The third kappa shape index (κ3) is 4.10. The Bertz CT molecular complexity index is 804. The fourth-order valence-electron chi connectivity index (χ4n) is 3.25. The maximum atomic E-state index is 11.6. The summed E-state index contributed by atoms with van der Waals surface area (Å²) < 4.78 is -0.609. The van der Waals surface area contributed by atoms with Gasteiger partial charge in [-0.25, -0.2) is 4.79 Å². The second kappa shape index (κ2) is 9.24. The molecule has 0 spiro atoms. The first-order valence-electron chi connectivity index (χ1n) is 8.91. The van der Waals surface area contributed by atoms with Crippen molar-refractivity contribution < 1.29 is 14.7 Å². The maximum absolute atomic E-state index is 11.6. The van der Waals surface area contributed by atoms with Crippen LogP contribution in [0.4, 0.5) is 0 Å². The van der Waals surface area contributed by atoms with Gasteiger partial charge in [-0.3, -0.25) is 4.79 Å². The summed E-state index contributed by atoms with van der Waals surface area (Å²) in [4.78, 5) is 22.5. The van der Waals surface area contributed by atoms with Crippen LogP contribution >= 0.6 is 11.8 Å². The molecule has 142 valence electrons. The summed E-state index contributed by atoms with van der Waals surface area (Å²) in [5, 5.41) is 11.9. The Morgan fingerprint density at radius 1 is 0.857 bits per heavy atom. The van der Waals surface area contributed by atoms with Gasteiger partial charge in [-0.2, -0.15) is 0 Å². The van der Waals surface area contributed by atoms with Gasteiger partial charge in [0.05, 0.1) is 4.75 Å². The van der Waals surface area contributed by atoms with Crippen LogP contribution in [0.15, 0.2) is 91.0 Å². The molecule has 1 atom stereocenters. The molecule has 0 aromatic heterocycles. The van der Waals surface area contributed by atoms with Crippen LogP contribution in [0.5, 0.6) is 0 Å². The van der Waals surface area contributed by atoms with Gasteiger partial charge in [0.25, 0.3) is 0 Å². The van der Waals surface area contributed by atoms with Crippen molar-refractivity contribution in [3.63, 3.8) is 0 Å². The number of rotatable bonds is 9. The van der Waals surface area contributed by atoms with Crippen molar-refractivity contribution in [3.05, 3.63) is 108 Å². The summed E-state index contributed by atoms with van der Waals surface area (Å²) in [5.41, 5.74) is 3.15. The number of amides is 1. The SMILES string of the molecule is O=CN[C@@H](CSC(c1ccccc1)(c1ccccc1)c1ccccc1)C(=O)O. The predicted octanol–water partition coefficient (Wildman–Crippen LogP) is 3.91. The Morgan fingerprint density at radius 2 is 1.25 bits per heavy atom. The Hall–Kier alpha value is -3.05. The highest BCUT2D eigenvalue weighted by atomic mass is 32.2. The molecule has 0 aliphatic carbocycles. The summed E-state index contributed by atoms with van der Waals surface area (Å²) in [6.45, 7) is 0. The van der Waals surface area contributed by atoms with Crippen molar-refractivity contribution in [3.8, 4) is 0 Å². The molecule has 3 rings (SSSR count). The molecule has 28 heavy (non-hydrogen) atoms. The predicted molar refractivity (Wildman–Crippen MR) is 112 cm³/mol. The highest BCUT2D eigenvalue weighted by Gasteiger charge is 2.38. The third-order valence-electron chi connectivity index (χ3n) is 4.57. The van der Waals surface area contributed by atoms with E-state index in [1.807, 2.05) is 54.6 Å². The fraction of sp³-hybridized carbons (Fsp3) is 0.130. The van der Waals surface area contributed by atoms with Crippen molar-refractivity contribution in [1.82, 2.24) is 5.32 Å². The van der Waals surface area contributed by atoms with E-state index in [1.165, 1.54) is 11.8 Å². The Labute approximate surface area is 168 Å². The summed E-state index contributed by atoms with van der Waals surface area (Å²) in [7, 11) is 0. The molecule has 0 saturated heterocycles. The van der Waals surface area contributed by atoms with Gasteiger partial charge in [0, 0.05) is 5.75 Å². The van der Waals surface area contributed by atoms with Gasteiger partial charge >= 0.3 is 5.97 Å². The van der Waals surface area contributed by atoms with Gasteiger partial charge < -0.3 is 10.4 Å². The molecule has 4 nitrogen and oxygen atoms in total. The third-order valence-corrected chi connectivity index (χ3v) is 6.21. The molecule has 5 heteroatoms. The standard InChI is InChI=1S/C23H21NO3S/c25-17-24-21(22(26)27)16-28-23(18-10-4-1-5-11-18,19-12-6-2-7-13-19)20-14-8-3-9-15-20/h1-15,17,21H,16H2,(H,24,25)(H,26,27)/t21-/m0/s1. The van der Waals surface area contributed by atoms with Crippen molar-refractivity contribution in [2.75, 3.05) is 5.75 Å². The van der Waals surface area contributed by atoms with Gasteiger partial charge in [-0.1, -0.05) is 91.0 Å². The van der Waals surface area contributed by atoms with Crippen molar-refractivity contribution in [2.24, 2.45) is 0 Å². The van der Waals surface area contributed by atoms with Crippen LogP contribution in [0.3, 0.4) is 0 Å². The van der Waals surface area contributed by atoms with Gasteiger partial charge in [0.2, 0.25) is 6.41 Å². The minimum atomic E-state index is -1.05. The van der Waals surface area contributed by atoms with Gasteiger partial charge in [-0.05, 0) is 16.7 Å². The van der Waals surface area contributed by atoms with Crippen LogP contribution in [0.2, 0.25) is 0 Å².